The van der Waals surface area contributed by atoms with Gasteiger partial charge >= 0.3 is 0 Å². The van der Waals surface area contributed by atoms with Crippen molar-refractivity contribution in [3.8, 4) is 28.4 Å². The van der Waals surface area contributed by atoms with Crippen molar-refractivity contribution in [1.82, 2.24) is 9.55 Å². The van der Waals surface area contributed by atoms with Gasteiger partial charge in [-0.3, -0.25) is 0 Å². The molecule has 0 saturated carbocycles. The number of nitrogens with zero attached hydrogens (tertiary/aromatic N) is 4. The Labute approximate surface area is 412 Å². The number of fused-ring (bicyclic) bond motifs is 7. The normalized spacial score (nSPS) is 13.2. The van der Waals surface area contributed by atoms with Crippen LogP contribution in [0.4, 0.5) is 22.7 Å². The van der Waals surface area contributed by atoms with Crippen LogP contribution in [0.2, 0.25) is 0 Å². The van der Waals surface area contributed by atoms with Crippen molar-refractivity contribution in [3.63, 3.8) is 0 Å². The predicted octanol–water partition coefficient (Wildman–Crippen LogP) is 16.9. The third kappa shape index (κ3) is 8.13. The van der Waals surface area contributed by atoms with Gasteiger partial charge in [0.1, 0.15) is 5.82 Å². The molecule has 7 heteroatoms. The number of hydrogen-bond acceptors (Lipinski definition) is 5. The number of para-hydroxylation sites is 2. The van der Waals surface area contributed by atoms with Crippen LogP contribution in [0.5, 0.6) is 11.5 Å². The monoisotopic (exact) mass is 1070 g/mol. The second-order valence-electron chi connectivity index (χ2n) is 20.7. The number of pyridine rings is 1. The van der Waals surface area contributed by atoms with E-state index in [4.69, 9.17) is 9.72 Å². The van der Waals surface area contributed by atoms with Crippen LogP contribution in [0.25, 0.3) is 58.9 Å². The number of aromatic nitrogens is 2. The molecule has 1 aliphatic rings. The first-order valence-corrected chi connectivity index (χ1v) is 23.7. The number of benzene rings is 7. The van der Waals surface area contributed by atoms with Crippen molar-refractivity contribution in [2.45, 2.75) is 78.6 Å². The van der Waals surface area contributed by atoms with Crippen molar-refractivity contribution in [1.29, 1.82) is 0 Å². The van der Waals surface area contributed by atoms with Crippen LogP contribution in [-0.4, -0.2) is 9.55 Å². The van der Waals surface area contributed by atoms with Crippen LogP contribution < -0.4 is 14.5 Å². The van der Waals surface area contributed by atoms with Gasteiger partial charge in [0.25, 0.3) is 0 Å². The van der Waals surface area contributed by atoms with Gasteiger partial charge in [-0.25, -0.2) is 4.98 Å². The Kier molecular flexibility index (Phi) is 11.0. The van der Waals surface area contributed by atoms with E-state index in [-0.39, 0.29) is 37.3 Å². The maximum atomic E-state index is 6.72. The summed E-state index contributed by atoms with van der Waals surface area (Å²) in [7, 11) is 0. The van der Waals surface area contributed by atoms with Crippen molar-refractivity contribution >= 4 is 76.1 Å². The molecule has 7 aromatic carbocycles. The zero-order valence-corrected chi connectivity index (χ0v) is 42.5. The van der Waals surface area contributed by atoms with Crippen molar-refractivity contribution in [2.24, 2.45) is 0 Å². The summed E-state index contributed by atoms with van der Waals surface area (Å²) in [4.78, 5) is 9.48. The fraction of sp³-hybridized carbons (Fsp3) is 0.200. The average molecular weight is 1070 g/mol. The van der Waals surface area contributed by atoms with E-state index in [1.165, 1.54) is 42.4 Å². The molecule has 0 N–H and O–H groups in total. The van der Waals surface area contributed by atoms with Crippen LogP contribution in [0, 0.1) is 18.8 Å². The summed E-state index contributed by atoms with van der Waals surface area (Å²) in [6, 6.07) is 59.8. The standard InChI is InChI=1S/C60H53N4OS.Pt/c1-58(2,3)40-27-28-61-57(34-40)64-51-25-21-38(39-22-26-56-50(30-39)48-17-10-13-20-55(48)66-56)29-49(51)47-24-23-46(36-54(47)64)65-45-16-14-15-43(35-45)62-37-63(53-19-12-11-18-52(53)62)44-32-41(59(4,5)6)31-42(33-44)60(7,8)9;/h10-34,37H,1-9H3;/q-3;. The Balaban J connectivity index is 0.00000525. The molecule has 67 heavy (non-hydrogen) atoms. The van der Waals surface area contributed by atoms with Gasteiger partial charge in [-0.05, 0) is 110 Å². The van der Waals surface area contributed by atoms with Crippen LogP contribution in [0.15, 0.2) is 152 Å². The first kappa shape index (κ1) is 44.6. The van der Waals surface area contributed by atoms with E-state index in [9.17, 15) is 0 Å². The summed E-state index contributed by atoms with van der Waals surface area (Å²) < 4.78 is 11.6. The summed E-state index contributed by atoms with van der Waals surface area (Å²) >= 11 is 1.85. The predicted molar refractivity (Wildman–Crippen MR) is 279 cm³/mol. The van der Waals surface area contributed by atoms with Crippen LogP contribution in [-0.2, 0) is 37.3 Å². The number of thiophene rings is 1. The fourth-order valence-corrected chi connectivity index (χ4v) is 10.3. The quantitative estimate of drug-likeness (QED) is 0.155. The molecule has 0 amide bonds. The molecule has 0 unspecified atom stereocenters. The molecule has 4 heterocycles. The molecule has 0 atom stereocenters. The minimum atomic E-state index is -0.0525. The Bertz CT molecular complexity index is 3490. The van der Waals surface area contributed by atoms with Gasteiger partial charge in [-0.2, -0.15) is 12.1 Å². The number of ether oxygens (including phenoxy) is 1. The number of rotatable bonds is 6. The molecule has 3 aromatic heterocycles. The van der Waals surface area contributed by atoms with Crippen LogP contribution >= 0.6 is 11.3 Å². The molecule has 1 aliphatic heterocycles. The molecule has 11 rings (SSSR count). The first-order valence-electron chi connectivity index (χ1n) is 22.8. The van der Waals surface area contributed by atoms with Crippen molar-refractivity contribution in [2.75, 3.05) is 9.80 Å². The summed E-state index contributed by atoms with van der Waals surface area (Å²) in [6.45, 7) is 22.6. The second-order valence-corrected chi connectivity index (χ2v) is 21.8. The Morgan fingerprint density at radius 3 is 1.90 bits per heavy atom. The van der Waals surface area contributed by atoms with Gasteiger partial charge in [0.05, 0.1) is 0 Å². The van der Waals surface area contributed by atoms with Crippen molar-refractivity contribution < 1.29 is 25.8 Å². The zero-order chi connectivity index (χ0) is 45.7. The summed E-state index contributed by atoms with van der Waals surface area (Å²) in [5.74, 6) is 2.05. The topological polar surface area (TPSA) is 33.5 Å². The summed E-state index contributed by atoms with van der Waals surface area (Å²) in [5.41, 5.74) is 12.3. The Morgan fingerprint density at radius 1 is 0.522 bits per heavy atom. The third-order valence-electron chi connectivity index (χ3n) is 13.0. The maximum Gasteiger partial charge on any atom is 0.135 e. The van der Waals surface area contributed by atoms with Crippen molar-refractivity contribution in [3.05, 3.63) is 187 Å². The molecule has 0 saturated heterocycles. The molecule has 5 nitrogen and oxygen atoms in total. The second kappa shape index (κ2) is 16.5. The van der Waals surface area contributed by atoms with Gasteiger partial charge in [0, 0.05) is 81.5 Å². The van der Waals surface area contributed by atoms with E-state index in [1.807, 2.05) is 35.7 Å². The van der Waals surface area contributed by atoms with E-state index >= 15 is 0 Å². The van der Waals surface area contributed by atoms with Gasteiger partial charge in [0.15, 0.2) is 0 Å². The van der Waals surface area contributed by atoms with E-state index in [1.54, 1.807) is 0 Å². The number of anilines is 4. The molecular weight excluding hydrogens is 1020 g/mol. The smallest absolute Gasteiger partial charge is 0.135 e. The number of hydrogen-bond donors (Lipinski definition) is 0. The zero-order valence-electron chi connectivity index (χ0n) is 39.4. The molecule has 0 radical (unpaired) electrons. The van der Waals surface area contributed by atoms with Gasteiger partial charge in [-0.1, -0.05) is 122 Å². The summed E-state index contributed by atoms with van der Waals surface area (Å²) in [5, 5.41) is 4.80. The van der Waals surface area contributed by atoms with Gasteiger partial charge < -0.3 is 19.1 Å². The molecule has 10 aromatic rings. The van der Waals surface area contributed by atoms with E-state index in [0.29, 0.717) is 11.5 Å². The minimum Gasteiger partial charge on any atom is -0.509 e. The maximum absolute atomic E-state index is 6.72. The van der Waals surface area contributed by atoms with E-state index < -0.39 is 0 Å². The largest absolute Gasteiger partial charge is 0.509 e. The molecule has 0 fully saturated rings. The van der Waals surface area contributed by atoms with Gasteiger partial charge in [0.2, 0.25) is 0 Å². The van der Waals surface area contributed by atoms with E-state index in [0.717, 1.165) is 55.9 Å². The van der Waals surface area contributed by atoms with E-state index in [2.05, 4.69) is 223 Å². The van der Waals surface area contributed by atoms with Gasteiger partial charge in [-0.15, -0.1) is 59.4 Å². The average Bonchev–Trinajstić information content (AvgIpc) is 3.97. The molecule has 0 aliphatic carbocycles. The minimum absolute atomic E-state index is 0. The van der Waals surface area contributed by atoms with Crippen LogP contribution in [0.3, 0.4) is 0 Å². The van der Waals surface area contributed by atoms with Crippen LogP contribution in [0.1, 0.15) is 79.0 Å². The summed E-state index contributed by atoms with van der Waals surface area (Å²) in [6.07, 6.45) is 1.92. The molecule has 0 bridgehead atoms. The fourth-order valence-electron chi connectivity index (χ4n) is 9.19. The first-order chi connectivity index (χ1) is 31.6. The molecule has 0 spiro atoms. The SMILES string of the molecule is CC(C)(C)c1cc(N2[CH-]N(c3[c-]c(Oc4[c-]c5c(cc4)c4cc(-c6ccc7sc8ccccc8c7c6)ccc4n5-c4cc(C(C)(C)C)ccn4)ccc3)c3ccccc32)cc(C(C)(C)C)c1.[Pt]. The third-order valence-corrected chi connectivity index (χ3v) is 14.1. The molecular formula is C60H53N4OPtS-3. The Hall–Kier alpha value is -6.20. The Morgan fingerprint density at radius 2 is 1.16 bits per heavy atom. The molecule has 338 valence electrons.